The minimum atomic E-state index is -0.391. The third-order valence-corrected chi connectivity index (χ3v) is 4.77. The lowest BCUT2D eigenvalue weighted by Gasteiger charge is -2.38. The van der Waals surface area contributed by atoms with Crippen molar-refractivity contribution in [1.82, 2.24) is 4.90 Å². The molecule has 0 radical (unpaired) electrons. The van der Waals surface area contributed by atoms with Gasteiger partial charge in [-0.05, 0) is 38.3 Å². The molecular weight excluding hydrogens is 310 g/mol. The molecular formula is C17H23N3O4. The van der Waals surface area contributed by atoms with Crippen molar-refractivity contribution in [3.05, 3.63) is 33.9 Å². The molecule has 1 aromatic rings. The number of morpholine rings is 1. The number of carbonyl (C=O) groups excluding carboxylic acids is 1. The van der Waals surface area contributed by atoms with E-state index in [1.807, 2.05) is 6.92 Å². The second-order valence-corrected chi connectivity index (χ2v) is 6.64. The molecule has 0 aromatic heterocycles. The number of non-ortho nitro benzene ring substituents is 1. The second-order valence-electron chi connectivity index (χ2n) is 6.64. The predicted molar refractivity (Wildman–Crippen MR) is 90.2 cm³/mol. The lowest BCUT2D eigenvalue weighted by Crippen LogP contribution is -2.52. The third kappa shape index (κ3) is 3.42. The van der Waals surface area contributed by atoms with E-state index in [2.05, 4.69) is 11.8 Å². The number of aryl methyl sites for hydroxylation is 1. The van der Waals surface area contributed by atoms with E-state index in [-0.39, 0.29) is 23.7 Å². The van der Waals surface area contributed by atoms with Crippen molar-refractivity contribution in [3.63, 3.8) is 0 Å². The first-order valence-corrected chi connectivity index (χ1v) is 8.39. The number of nitro groups is 1. The van der Waals surface area contributed by atoms with E-state index in [0.29, 0.717) is 19.7 Å². The summed E-state index contributed by atoms with van der Waals surface area (Å²) in [5.74, 6) is 0.0470. The molecule has 0 bridgehead atoms. The molecule has 1 saturated heterocycles. The van der Waals surface area contributed by atoms with Crippen LogP contribution in [0, 0.1) is 10.1 Å². The normalized spacial score (nSPS) is 24.5. The standard InChI is InChI=1S/C17H23N3O4/c1-12-11-24-13(2)9-18(12)10-17(21)19-7-3-4-14-8-15(20(22)23)5-6-16(14)19/h5-6,8,12-13H,3-4,7,9-11H2,1-2H3/t12-,13+/m1/s1. The fourth-order valence-electron chi connectivity index (χ4n) is 3.41. The summed E-state index contributed by atoms with van der Waals surface area (Å²) in [5, 5.41) is 10.9. The lowest BCUT2D eigenvalue weighted by atomic mass is 10.0. The van der Waals surface area contributed by atoms with Crippen LogP contribution in [0.25, 0.3) is 0 Å². The average molecular weight is 333 g/mol. The maximum atomic E-state index is 12.8. The first-order chi connectivity index (χ1) is 11.5. The molecule has 2 aliphatic heterocycles. The molecule has 2 aliphatic rings. The number of ether oxygens (including phenoxy) is 1. The number of hydrogen-bond acceptors (Lipinski definition) is 5. The number of rotatable bonds is 3. The summed E-state index contributed by atoms with van der Waals surface area (Å²) in [4.78, 5) is 27.3. The number of nitro benzene ring substituents is 1. The van der Waals surface area contributed by atoms with Gasteiger partial charge in [0.25, 0.3) is 5.69 Å². The Labute approximate surface area is 141 Å². The first-order valence-electron chi connectivity index (χ1n) is 8.39. The van der Waals surface area contributed by atoms with Crippen LogP contribution in [0.3, 0.4) is 0 Å². The molecule has 0 N–H and O–H groups in total. The maximum absolute atomic E-state index is 12.8. The Balaban J connectivity index is 1.76. The van der Waals surface area contributed by atoms with Crippen LogP contribution in [-0.4, -0.2) is 54.1 Å². The van der Waals surface area contributed by atoms with Crippen LogP contribution < -0.4 is 4.90 Å². The molecule has 130 valence electrons. The van der Waals surface area contributed by atoms with E-state index >= 15 is 0 Å². The smallest absolute Gasteiger partial charge is 0.269 e. The van der Waals surface area contributed by atoms with E-state index in [1.54, 1.807) is 17.0 Å². The van der Waals surface area contributed by atoms with Crippen molar-refractivity contribution in [2.45, 2.75) is 38.8 Å². The van der Waals surface area contributed by atoms with Crippen LogP contribution in [0.5, 0.6) is 0 Å². The number of nitrogens with zero attached hydrogens (tertiary/aromatic N) is 3. The minimum Gasteiger partial charge on any atom is -0.376 e. The Morgan fingerprint density at radius 1 is 1.42 bits per heavy atom. The zero-order chi connectivity index (χ0) is 17.3. The van der Waals surface area contributed by atoms with Crippen LogP contribution in [0.2, 0.25) is 0 Å². The molecule has 3 rings (SSSR count). The second kappa shape index (κ2) is 6.86. The zero-order valence-corrected chi connectivity index (χ0v) is 14.1. The number of hydrogen-bond donors (Lipinski definition) is 0. The highest BCUT2D eigenvalue weighted by atomic mass is 16.6. The molecule has 7 heteroatoms. The van der Waals surface area contributed by atoms with E-state index in [4.69, 9.17) is 4.74 Å². The molecule has 24 heavy (non-hydrogen) atoms. The number of carbonyl (C=O) groups is 1. The predicted octanol–water partition coefficient (Wildman–Crippen LogP) is 1.98. The topological polar surface area (TPSA) is 75.9 Å². The SMILES string of the molecule is C[C@@H]1CO[C@@H](C)CN1CC(=O)N1CCCc2cc([N+](=O)[O-])ccc21. The lowest BCUT2D eigenvalue weighted by molar-refractivity contribution is -0.384. The van der Waals surface area contributed by atoms with Gasteiger partial charge < -0.3 is 9.64 Å². The summed E-state index contributed by atoms with van der Waals surface area (Å²) in [6, 6.07) is 4.99. The van der Waals surface area contributed by atoms with Gasteiger partial charge in [-0.15, -0.1) is 0 Å². The first kappa shape index (κ1) is 16.9. The van der Waals surface area contributed by atoms with Gasteiger partial charge in [-0.25, -0.2) is 0 Å². The molecule has 2 heterocycles. The molecule has 0 saturated carbocycles. The van der Waals surface area contributed by atoms with Crippen molar-refractivity contribution in [2.75, 3.05) is 31.1 Å². The van der Waals surface area contributed by atoms with Gasteiger partial charge in [-0.3, -0.25) is 19.8 Å². The molecule has 0 aliphatic carbocycles. The molecule has 0 unspecified atom stereocenters. The van der Waals surface area contributed by atoms with E-state index in [9.17, 15) is 14.9 Å². The Bertz CT molecular complexity index is 649. The minimum absolute atomic E-state index is 0.0470. The van der Waals surface area contributed by atoms with Gasteiger partial charge in [0.1, 0.15) is 0 Å². The molecule has 1 fully saturated rings. The fraction of sp³-hybridized carbons (Fsp3) is 0.588. The number of fused-ring (bicyclic) bond motifs is 1. The average Bonchev–Trinajstić information content (AvgIpc) is 2.57. The quantitative estimate of drug-likeness (QED) is 0.624. The highest BCUT2D eigenvalue weighted by Gasteiger charge is 2.29. The highest BCUT2D eigenvalue weighted by molar-refractivity contribution is 5.96. The van der Waals surface area contributed by atoms with Gasteiger partial charge in [-0.1, -0.05) is 0 Å². The van der Waals surface area contributed by atoms with Crippen molar-refractivity contribution in [3.8, 4) is 0 Å². The third-order valence-electron chi connectivity index (χ3n) is 4.77. The Kier molecular flexibility index (Phi) is 4.82. The van der Waals surface area contributed by atoms with E-state index in [0.717, 1.165) is 30.6 Å². The molecule has 1 aromatic carbocycles. The largest absolute Gasteiger partial charge is 0.376 e. The molecule has 2 atom stereocenters. The van der Waals surface area contributed by atoms with Crippen LogP contribution in [0.4, 0.5) is 11.4 Å². The summed E-state index contributed by atoms with van der Waals surface area (Å²) in [7, 11) is 0. The summed E-state index contributed by atoms with van der Waals surface area (Å²) < 4.78 is 5.61. The van der Waals surface area contributed by atoms with Crippen molar-refractivity contribution >= 4 is 17.3 Å². The summed E-state index contributed by atoms with van der Waals surface area (Å²) in [6.45, 7) is 6.47. The van der Waals surface area contributed by atoms with E-state index < -0.39 is 4.92 Å². The maximum Gasteiger partial charge on any atom is 0.269 e. The Morgan fingerprint density at radius 2 is 2.21 bits per heavy atom. The van der Waals surface area contributed by atoms with Gasteiger partial charge in [0.15, 0.2) is 0 Å². The van der Waals surface area contributed by atoms with Crippen molar-refractivity contribution < 1.29 is 14.5 Å². The van der Waals surface area contributed by atoms with E-state index in [1.165, 1.54) is 6.07 Å². The van der Waals surface area contributed by atoms with Crippen LogP contribution >= 0.6 is 0 Å². The summed E-state index contributed by atoms with van der Waals surface area (Å²) in [6.07, 6.45) is 1.73. The summed E-state index contributed by atoms with van der Waals surface area (Å²) in [5.41, 5.74) is 1.77. The summed E-state index contributed by atoms with van der Waals surface area (Å²) >= 11 is 0. The Hall–Kier alpha value is -1.99. The highest BCUT2D eigenvalue weighted by Crippen LogP contribution is 2.30. The van der Waals surface area contributed by atoms with Gasteiger partial charge in [-0.2, -0.15) is 0 Å². The molecule has 0 spiro atoms. The van der Waals surface area contributed by atoms with Gasteiger partial charge in [0, 0.05) is 37.0 Å². The van der Waals surface area contributed by atoms with Crippen molar-refractivity contribution in [2.24, 2.45) is 0 Å². The Morgan fingerprint density at radius 3 is 2.96 bits per heavy atom. The van der Waals surface area contributed by atoms with Gasteiger partial charge >= 0.3 is 0 Å². The fourth-order valence-corrected chi connectivity index (χ4v) is 3.41. The monoisotopic (exact) mass is 333 g/mol. The van der Waals surface area contributed by atoms with Gasteiger partial charge in [0.2, 0.25) is 5.91 Å². The van der Waals surface area contributed by atoms with Gasteiger partial charge in [0.05, 0.1) is 24.2 Å². The van der Waals surface area contributed by atoms with Crippen LogP contribution in [0.15, 0.2) is 18.2 Å². The number of benzene rings is 1. The van der Waals surface area contributed by atoms with Crippen LogP contribution in [0.1, 0.15) is 25.8 Å². The molecule has 1 amide bonds. The number of amides is 1. The zero-order valence-electron chi connectivity index (χ0n) is 14.1. The number of anilines is 1. The van der Waals surface area contributed by atoms with Crippen LogP contribution in [-0.2, 0) is 16.0 Å². The molecule has 7 nitrogen and oxygen atoms in total. The van der Waals surface area contributed by atoms with Crippen molar-refractivity contribution in [1.29, 1.82) is 0 Å².